The largest absolute Gasteiger partial charge is 0.493 e. The Labute approximate surface area is 180 Å². The summed E-state index contributed by atoms with van der Waals surface area (Å²) in [6.45, 7) is 8.46. The van der Waals surface area contributed by atoms with Crippen LogP contribution in [0, 0.1) is 11.3 Å². The molecule has 4 nitrogen and oxygen atoms in total. The third-order valence-electron chi connectivity index (χ3n) is 5.52. The van der Waals surface area contributed by atoms with Crippen molar-refractivity contribution in [2.75, 3.05) is 7.11 Å². The molecule has 0 aliphatic carbocycles. The molecular weight excluding hydrogens is 428 g/mol. The van der Waals surface area contributed by atoms with Gasteiger partial charge in [0.25, 0.3) is 0 Å². The Kier molecular flexibility index (Phi) is 4.74. The van der Waals surface area contributed by atoms with Crippen LogP contribution in [-0.2, 0) is 19.3 Å². The Hall–Kier alpha value is -2.32. The second-order valence-electron chi connectivity index (χ2n) is 9.01. The maximum atomic E-state index is 9.56. The summed E-state index contributed by atoms with van der Waals surface area (Å²) in [5, 5.41) is 9.56. The number of halogens is 1. The lowest BCUT2D eigenvalue weighted by atomic mass is 9.78. The van der Waals surface area contributed by atoms with E-state index in [-0.39, 0.29) is 17.6 Å². The second kappa shape index (κ2) is 6.88. The number of ether oxygens (including phenoxy) is 2. The van der Waals surface area contributed by atoms with Gasteiger partial charge in [-0.15, -0.1) is 0 Å². The Morgan fingerprint density at radius 2 is 1.97 bits per heavy atom. The molecule has 150 valence electrons. The van der Waals surface area contributed by atoms with Gasteiger partial charge < -0.3 is 9.47 Å². The molecule has 0 amide bonds. The summed E-state index contributed by atoms with van der Waals surface area (Å²) in [5.74, 6) is 1.47. The van der Waals surface area contributed by atoms with Gasteiger partial charge in [0.2, 0.25) is 0 Å². The zero-order valence-electron chi connectivity index (χ0n) is 17.5. The molecule has 0 saturated heterocycles. The maximum absolute atomic E-state index is 9.56. The molecule has 2 aromatic carbocycles. The number of benzene rings is 2. The number of nitrogens with zero attached hydrogens (tertiary/aromatic N) is 2. The van der Waals surface area contributed by atoms with Gasteiger partial charge in [0.1, 0.15) is 5.60 Å². The Balaban J connectivity index is 2.09. The molecule has 0 unspecified atom stereocenters. The second-order valence-corrected chi connectivity index (χ2v) is 9.92. The highest BCUT2D eigenvalue weighted by molar-refractivity contribution is 9.10. The van der Waals surface area contributed by atoms with E-state index in [9.17, 15) is 5.26 Å². The van der Waals surface area contributed by atoms with Gasteiger partial charge in [-0.1, -0.05) is 28.1 Å². The molecule has 0 radical (unpaired) electrons. The first-order valence-electron chi connectivity index (χ1n) is 9.82. The van der Waals surface area contributed by atoms with E-state index in [1.54, 1.807) is 7.11 Å². The van der Waals surface area contributed by atoms with Crippen molar-refractivity contribution in [3.8, 4) is 17.6 Å². The highest BCUT2D eigenvalue weighted by Gasteiger charge is 2.41. The van der Waals surface area contributed by atoms with E-state index in [4.69, 9.17) is 14.5 Å². The van der Waals surface area contributed by atoms with Crippen LogP contribution in [0.15, 0.2) is 33.7 Å². The molecule has 5 heteroatoms. The molecule has 0 saturated carbocycles. The van der Waals surface area contributed by atoms with Crippen molar-refractivity contribution >= 4 is 21.6 Å². The van der Waals surface area contributed by atoms with Crippen molar-refractivity contribution in [1.82, 2.24) is 0 Å². The lowest BCUT2D eigenvalue weighted by molar-refractivity contribution is 0.134. The number of fused-ring (bicyclic) bond motifs is 3. The number of rotatable bonds is 3. The maximum Gasteiger partial charge on any atom is 0.166 e. The van der Waals surface area contributed by atoms with Crippen LogP contribution >= 0.6 is 15.9 Å². The van der Waals surface area contributed by atoms with E-state index in [0.717, 1.165) is 51.0 Å². The SMILES string of the molecule is COc1c(CC#N)c2c(c3c1OC(C)(C)C3)C(c1cccc(Br)c1)=NC(C)(C)C2. The summed E-state index contributed by atoms with van der Waals surface area (Å²) in [4.78, 5) is 5.17. The molecular formula is C24H25BrN2O2. The Morgan fingerprint density at radius 1 is 1.21 bits per heavy atom. The fourth-order valence-electron chi connectivity index (χ4n) is 4.51. The summed E-state index contributed by atoms with van der Waals surface area (Å²) < 4.78 is 13.2. The molecule has 2 heterocycles. The minimum Gasteiger partial charge on any atom is -0.493 e. The van der Waals surface area contributed by atoms with Crippen molar-refractivity contribution in [3.63, 3.8) is 0 Å². The average molecular weight is 453 g/mol. The molecule has 0 aromatic heterocycles. The summed E-state index contributed by atoms with van der Waals surface area (Å²) in [6.07, 6.45) is 1.83. The molecule has 29 heavy (non-hydrogen) atoms. The molecule has 2 aliphatic rings. The van der Waals surface area contributed by atoms with Gasteiger partial charge in [0.05, 0.1) is 30.9 Å². The van der Waals surface area contributed by atoms with Crippen LogP contribution in [0.1, 0.15) is 55.5 Å². The summed E-state index contributed by atoms with van der Waals surface area (Å²) in [5.41, 5.74) is 5.78. The van der Waals surface area contributed by atoms with Crippen molar-refractivity contribution in [2.24, 2.45) is 4.99 Å². The summed E-state index contributed by atoms with van der Waals surface area (Å²) in [6, 6.07) is 10.6. The number of methoxy groups -OCH3 is 1. The number of hydrogen-bond acceptors (Lipinski definition) is 4. The summed E-state index contributed by atoms with van der Waals surface area (Å²) >= 11 is 3.60. The van der Waals surface area contributed by atoms with Crippen LogP contribution in [0.25, 0.3) is 0 Å². The van der Waals surface area contributed by atoms with Crippen molar-refractivity contribution in [1.29, 1.82) is 5.26 Å². The molecule has 4 rings (SSSR count). The van der Waals surface area contributed by atoms with Crippen LogP contribution in [-0.4, -0.2) is 24.0 Å². The lowest BCUT2D eigenvalue weighted by Gasteiger charge is -2.32. The molecule has 0 atom stereocenters. The van der Waals surface area contributed by atoms with Gasteiger partial charge in [-0.05, 0) is 51.8 Å². The lowest BCUT2D eigenvalue weighted by Crippen LogP contribution is -2.31. The topological polar surface area (TPSA) is 54.6 Å². The predicted molar refractivity (Wildman–Crippen MR) is 118 cm³/mol. The van der Waals surface area contributed by atoms with Gasteiger partial charge in [0, 0.05) is 33.1 Å². The van der Waals surface area contributed by atoms with E-state index in [2.05, 4.69) is 61.8 Å². The first-order valence-corrected chi connectivity index (χ1v) is 10.6. The van der Waals surface area contributed by atoms with E-state index >= 15 is 0 Å². The van der Waals surface area contributed by atoms with Crippen LogP contribution in [0.4, 0.5) is 0 Å². The predicted octanol–water partition coefficient (Wildman–Crippen LogP) is 5.41. The number of nitriles is 1. The zero-order chi connectivity index (χ0) is 21.0. The zero-order valence-corrected chi connectivity index (χ0v) is 19.1. The smallest absolute Gasteiger partial charge is 0.166 e. The van der Waals surface area contributed by atoms with Gasteiger partial charge in [-0.2, -0.15) is 5.26 Å². The summed E-state index contributed by atoms with van der Waals surface area (Å²) in [7, 11) is 1.66. The Bertz CT molecular complexity index is 1080. The molecule has 0 spiro atoms. The van der Waals surface area contributed by atoms with Crippen LogP contribution in [0.5, 0.6) is 11.5 Å². The molecule has 2 aliphatic heterocycles. The highest BCUT2D eigenvalue weighted by atomic mass is 79.9. The van der Waals surface area contributed by atoms with E-state index in [1.165, 1.54) is 5.56 Å². The average Bonchev–Trinajstić information content (AvgIpc) is 2.95. The highest BCUT2D eigenvalue weighted by Crippen LogP contribution is 2.50. The van der Waals surface area contributed by atoms with Crippen molar-refractivity contribution in [2.45, 2.75) is 58.1 Å². The number of aliphatic imine (C=N–C) groups is 1. The van der Waals surface area contributed by atoms with Crippen molar-refractivity contribution in [3.05, 3.63) is 56.6 Å². The van der Waals surface area contributed by atoms with Gasteiger partial charge >= 0.3 is 0 Å². The third kappa shape index (κ3) is 3.44. The fourth-order valence-corrected chi connectivity index (χ4v) is 4.91. The first kappa shape index (κ1) is 20.0. The fraction of sp³-hybridized carbons (Fsp3) is 0.417. The standard InChI is InChI=1S/C24H25BrN2O2/c1-23(2)12-17-16(9-10-26)21(28-5)22-18(13-24(3,4)29-22)19(17)20(27-23)14-7-6-8-15(25)11-14/h6-8,11H,9,12-13H2,1-5H3. The van der Waals surface area contributed by atoms with Gasteiger partial charge in [-0.3, -0.25) is 4.99 Å². The monoisotopic (exact) mass is 452 g/mol. The molecule has 0 fully saturated rings. The van der Waals surface area contributed by atoms with Crippen LogP contribution in [0.2, 0.25) is 0 Å². The molecule has 0 N–H and O–H groups in total. The quantitative estimate of drug-likeness (QED) is 0.625. The van der Waals surface area contributed by atoms with Gasteiger partial charge in [0.15, 0.2) is 11.5 Å². The normalized spacial score (nSPS) is 18.2. The van der Waals surface area contributed by atoms with Crippen LogP contribution in [0.3, 0.4) is 0 Å². The van der Waals surface area contributed by atoms with Crippen molar-refractivity contribution < 1.29 is 9.47 Å². The van der Waals surface area contributed by atoms with Crippen LogP contribution < -0.4 is 9.47 Å². The first-order chi connectivity index (χ1) is 13.7. The minimum absolute atomic E-state index is 0.275. The van der Waals surface area contributed by atoms with E-state index in [1.807, 2.05) is 12.1 Å². The third-order valence-corrected chi connectivity index (χ3v) is 6.02. The Morgan fingerprint density at radius 3 is 2.62 bits per heavy atom. The minimum atomic E-state index is -0.329. The molecule has 2 aromatic rings. The van der Waals surface area contributed by atoms with Gasteiger partial charge in [-0.25, -0.2) is 0 Å². The molecule has 0 bridgehead atoms. The van der Waals surface area contributed by atoms with E-state index < -0.39 is 0 Å². The number of hydrogen-bond donors (Lipinski definition) is 0. The van der Waals surface area contributed by atoms with E-state index in [0.29, 0.717) is 5.75 Å².